The minimum atomic E-state index is -1.37. The van der Waals surface area contributed by atoms with Crippen molar-refractivity contribution in [2.75, 3.05) is 56.0 Å². The molecule has 0 bridgehead atoms. The van der Waals surface area contributed by atoms with Gasteiger partial charge in [-0.3, -0.25) is 9.79 Å². The van der Waals surface area contributed by atoms with Gasteiger partial charge in [-0.1, -0.05) is 56.3 Å². The van der Waals surface area contributed by atoms with E-state index in [1.807, 2.05) is 75.4 Å². The number of alkyl carbamates (subject to hydrolysis) is 1. The number of carboxylic acid groups (broad SMARTS) is 1. The highest BCUT2D eigenvalue weighted by Gasteiger charge is 2.26. The summed E-state index contributed by atoms with van der Waals surface area (Å²) in [5.41, 5.74) is 13.2. The number of aromatic carboxylic acids is 1. The third kappa shape index (κ3) is 12.6. The number of ether oxygens (including phenoxy) is 2. The maximum absolute atomic E-state index is 15.3. The first-order valence-electron chi connectivity index (χ1n) is 20.2. The van der Waals surface area contributed by atoms with E-state index in [9.17, 15) is 24.3 Å². The van der Waals surface area contributed by atoms with Crippen molar-refractivity contribution in [3.05, 3.63) is 106 Å². The van der Waals surface area contributed by atoms with Crippen molar-refractivity contribution in [2.45, 2.75) is 65.5 Å². The smallest absolute Gasteiger partial charge is 0.410 e. The van der Waals surface area contributed by atoms with Gasteiger partial charge in [0.1, 0.15) is 24.6 Å². The predicted molar refractivity (Wildman–Crippen MR) is 230 cm³/mol. The van der Waals surface area contributed by atoms with Crippen LogP contribution in [-0.2, 0) is 29.2 Å². The molecule has 4 aromatic rings. The van der Waals surface area contributed by atoms with Crippen LogP contribution in [0.3, 0.4) is 0 Å². The Morgan fingerprint density at radius 2 is 1.62 bits per heavy atom. The number of nitrogens with one attached hydrogen (secondary N) is 3. The van der Waals surface area contributed by atoms with E-state index < -0.39 is 35.0 Å². The lowest BCUT2D eigenvalue weighted by Gasteiger charge is -2.35. The molecule has 2 atom stereocenters. The highest BCUT2D eigenvalue weighted by Crippen LogP contribution is 2.27. The van der Waals surface area contributed by atoms with Crippen LogP contribution in [0.4, 0.5) is 25.4 Å². The summed E-state index contributed by atoms with van der Waals surface area (Å²) in [7, 11) is 0. The number of amides is 2. The van der Waals surface area contributed by atoms with Crippen LogP contribution in [0.15, 0.2) is 82.7 Å². The molecule has 1 aromatic heterocycles. The van der Waals surface area contributed by atoms with E-state index in [1.165, 1.54) is 6.20 Å². The molecule has 1 fully saturated rings. The van der Waals surface area contributed by atoms with Gasteiger partial charge in [0, 0.05) is 81.7 Å². The molecule has 0 aliphatic carbocycles. The van der Waals surface area contributed by atoms with Crippen molar-refractivity contribution in [2.24, 2.45) is 22.4 Å². The van der Waals surface area contributed by atoms with Crippen molar-refractivity contribution >= 4 is 46.4 Å². The number of piperazine rings is 1. The van der Waals surface area contributed by atoms with E-state index in [0.717, 1.165) is 35.7 Å². The largest absolute Gasteiger partial charge is 0.477 e. The summed E-state index contributed by atoms with van der Waals surface area (Å²) < 4.78 is 28.0. The molecule has 1 aliphatic rings. The summed E-state index contributed by atoms with van der Waals surface area (Å²) in [5.74, 6) is -1.81. The van der Waals surface area contributed by atoms with Crippen LogP contribution in [0.25, 0.3) is 10.9 Å². The van der Waals surface area contributed by atoms with E-state index in [2.05, 4.69) is 20.9 Å². The molecule has 322 valence electrons. The van der Waals surface area contributed by atoms with Gasteiger partial charge in [-0.25, -0.2) is 18.8 Å². The number of nitrogens with two attached hydrogens (primary N) is 2. The zero-order chi connectivity index (χ0) is 43.2. The summed E-state index contributed by atoms with van der Waals surface area (Å²) in [6, 6.07) is 19.6. The van der Waals surface area contributed by atoms with Gasteiger partial charge >= 0.3 is 18.2 Å². The van der Waals surface area contributed by atoms with E-state index in [1.54, 1.807) is 20.4 Å². The Labute approximate surface area is 348 Å². The number of fused-ring (bicyclic) bond motifs is 1. The molecular weight excluding hydrogens is 774 g/mol. The standard InChI is InChI=1S/C43H56FN9O7/c1-4-51-25-34(40(55)56)39(54)33-21-35(44)38(22-37(33)51)52-17-19-53(20-18-52)43(58)60-27-30-12-14-31(15-13-30)48-23-32(11-8-16-47-41(45)46)49-24-36(28(2)3)50-42(57)59-26-29-9-6-5-7-10-29/h5-7,9-10,12-15,21-22,25,28,32,36,48-49H,4,8,11,16-20,23-24,26-27H2,1-3H3,(H,50,57)(H,55,56)(H4,45,46,47)/t32-,36+/m1/s1. The van der Waals surface area contributed by atoms with Gasteiger partial charge < -0.3 is 56.4 Å². The third-order valence-corrected chi connectivity index (χ3v) is 10.4. The number of aliphatic imine (C=N–C) groups is 1. The number of aromatic nitrogens is 1. The van der Waals surface area contributed by atoms with Gasteiger partial charge in [0.25, 0.3) is 0 Å². The second-order valence-electron chi connectivity index (χ2n) is 15.0. The van der Waals surface area contributed by atoms with Gasteiger partial charge in [-0.05, 0) is 61.1 Å². The maximum Gasteiger partial charge on any atom is 0.410 e. The Kier molecular flexibility index (Phi) is 16.1. The lowest BCUT2D eigenvalue weighted by molar-refractivity contribution is 0.0694. The van der Waals surface area contributed by atoms with E-state index in [4.69, 9.17) is 20.9 Å². The summed E-state index contributed by atoms with van der Waals surface area (Å²) in [6.07, 6.45) is 1.83. The number of carbonyl (C=O) groups excluding carboxylic acids is 2. The molecule has 16 nitrogen and oxygen atoms in total. The normalized spacial score (nSPS) is 13.8. The number of rotatable bonds is 19. The number of hydrogen-bond acceptors (Lipinski definition) is 10. The van der Waals surface area contributed by atoms with Crippen LogP contribution in [0.2, 0.25) is 0 Å². The van der Waals surface area contributed by atoms with Crippen LogP contribution in [0, 0.1) is 11.7 Å². The molecule has 2 heterocycles. The minimum Gasteiger partial charge on any atom is -0.477 e. The molecule has 60 heavy (non-hydrogen) atoms. The number of anilines is 2. The van der Waals surface area contributed by atoms with Crippen LogP contribution in [0.5, 0.6) is 0 Å². The third-order valence-electron chi connectivity index (χ3n) is 10.4. The van der Waals surface area contributed by atoms with Crippen molar-refractivity contribution in [1.29, 1.82) is 0 Å². The number of carboxylic acids is 1. The van der Waals surface area contributed by atoms with Crippen LogP contribution < -0.4 is 37.7 Å². The maximum atomic E-state index is 15.3. The average Bonchev–Trinajstić information content (AvgIpc) is 3.24. The summed E-state index contributed by atoms with van der Waals surface area (Å²) in [6.45, 7) is 9.39. The van der Waals surface area contributed by atoms with Crippen molar-refractivity contribution < 1.29 is 33.4 Å². The second-order valence-corrected chi connectivity index (χ2v) is 15.0. The molecular formula is C43H56FN9O7. The summed E-state index contributed by atoms with van der Waals surface area (Å²) >= 11 is 0. The predicted octanol–water partition coefficient (Wildman–Crippen LogP) is 4.69. The molecule has 1 saturated heterocycles. The Hall–Kier alpha value is -6.36. The fraction of sp³-hybridized carbons (Fsp3) is 0.419. The van der Waals surface area contributed by atoms with Crippen molar-refractivity contribution in [3.63, 3.8) is 0 Å². The molecule has 0 spiro atoms. The number of pyridine rings is 1. The fourth-order valence-corrected chi connectivity index (χ4v) is 6.87. The molecule has 3 aromatic carbocycles. The van der Waals surface area contributed by atoms with Gasteiger partial charge in [0.2, 0.25) is 5.43 Å². The molecule has 0 radical (unpaired) electrons. The van der Waals surface area contributed by atoms with Crippen molar-refractivity contribution in [3.8, 4) is 0 Å². The second kappa shape index (κ2) is 21.6. The Balaban J connectivity index is 1.10. The molecule has 0 unspecified atom stereocenters. The molecule has 17 heteroatoms. The van der Waals surface area contributed by atoms with Crippen molar-refractivity contribution in [1.82, 2.24) is 20.1 Å². The molecule has 2 amide bonds. The lowest BCUT2D eigenvalue weighted by Crippen LogP contribution is -2.49. The number of benzene rings is 3. The highest BCUT2D eigenvalue weighted by atomic mass is 19.1. The van der Waals surface area contributed by atoms with Gasteiger partial charge in [0.15, 0.2) is 5.96 Å². The van der Waals surface area contributed by atoms with E-state index in [-0.39, 0.29) is 48.2 Å². The number of halogens is 1. The first-order chi connectivity index (χ1) is 28.8. The number of carbonyl (C=O) groups is 3. The number of nitrogens with zero attached hydrogens (tertiary/aromatic N) is 4. The monoisotopic (exact) mass is 829 g/mol. The first-order valence-corrected chi connectivity index (χ1v) is 20.2. The quantitative estimate of drug-likeness (QED) is 0.0431. The van der Waals surface area contributed by atoms with Gasteiger partial charge in [-0.15, -0.1) is 0 Å². The highest BCUT2D eigenvalue weighted by molar-refractivity contribution is 5.93. The average molecular weight is 830 g/mol. The fourth-order valence-electron chi connectivity index (χ4n) is 6.87. The first kappa shape index (κ1) is 44.7. The van der Waals surface area contributed by atoms with Crippen LogP contribution in [0.1, 0.15) is 55.1 Å². The van der Waals surface area contributed by atoms with Crippen LogP contribution >= 0.6 is 0 Å². The summed E-state index contributed by atoms with van der Waals surface area (Å²) in [4.78, 5) is 57.4. The van der Waals surface area contributed by atoms with E-state index in [0.29, 0.717) is 57.9 Å². The Morgan fingerprint density at radius 3 is 2.27 bits per heavy atom. The summed E-state index contributed by atoms with van der Waals surface area (Å²) in [5, 5.41) is 19.5. The zero-order valence-electron chi connectivity index (χ0n) is 34.4. The number of aryl methyl sites for hydroxylation is 1. The molecule has 1 aliphatic heterocycles. The van der Waals surface area contributed by atoms with Crippen LogP contribution in [-0.4, -0.2) is 96.6 Å². The number of guanidine groups is 1. The van der Waals surface area contributed by atoms with E-state index >= 15 is 4.39 Å². The minimum absolute atomic E-state index is 0.00129. The molecule has 8 N–H and O–H groups in total. The topological polar surface area (TPSA) is 219 Å². The molecule has 5 rings (SSSR count). The SMILES string of the molecule is CCn1cc(C(=O)O)c(=O)c2cc(F)c(N3CCN(C(=O)OCc4ccc(NC[C@@H](CCCN=C(N)N)NC[C@H](NC(=O)OCc5ccccc5)C(C)C)cc4)CC3)cc21. The Morgan fingerprint density at radius 1 is 0.933 bits per heavy atom. The molecule has 0 saturated carbocycles. The Bertz CT molecular complexity index is 2150. The van der Waals surface area contributed by atoms with Gasteiger partial charge in [-0.2, -0.15) is 0 Å². The number of hydrogen-bond donors (Lipinski definition) is 6. The van der Waals surface area contributed by atoms with Gasteiger partial charge in [0.05, 0.1) is 11.2 Å². The zero-order valence-corrected chi connectivity index (χ0v) is 34.4. The lowest BCUT2D eigenvalue weighted by atomic mass is 10.0.